The van der Waals surface area contributed by atoms with Crippen molar-refractivity contribution in [1.29, 1.82) is 0 Å². The summed E-state index contributed by atoms with van der Waals surface area (Å²) < 4.78 is 14.7. The smallest absolute Gasteiger partial charge is 0.148 e. The third-order valence-corrected chi connectivity index (χ3v) is 4.03. The quantitative estimate of drug-likeness (QED) is 0.509. The zero-order valence-corrected chi connectivity index (χ0v) is 12.5. The number of rotatable bonds is 3. The van der Waals surface area contributed by atoms with E-state index < -0.39 is 11.9 Å². The Hall–Kier alpha value is -1.01. The Bertz CT molecular complexity index is 606. The van der Waals surface area contributed by atoms with Gasteiger partial charge in [-0.3, -0.25) is 10.8 Å². The van der Waals surface area contributed by atoms with E-state index in [-0.39, 0.29) is 5.02 Å². The number of pyridine rings is 1. The normalized spacial score (nSPS) is 12.5. The lowest BCUT2D eigenvalue weighted by atomic mass is 9.99. The maximum Gasteiger partial charge on any atom is 0.148 e. The average Bonchev–Trinajstić information content (AvgIpc) is 2.40. The number of nitrogens with two attached hydrogens (primary N) is 1. The van der Waals surface area contributed by atoms with Gasteiger partial charge in [0.15, 0.2) is 0 Å². The highest BCUT2D eigenvalue weighted by Crippen LogP contribution is 2.32. The molecule has 19 heavy (non-hydrogen) atoms. The maximum atomic E-state index is 14.2. The average molecular weight is 345 g/mol. The highest BCUT2D eigenvalue weighted by Gasteiger charge is 2.20. The van der Waals surface area contributed by atoms with Crippen LogP contribution in [0.3, 0.4) is 0 Å². The van der Waals surface area contributed by atoms with Crippen molar-refractivity contribution in [1.82, 2.24) is 10.4 Å². The fourth-order valence-electron chi connectivity index (χ4n) is 1.87. The van der Waals surface area contributed by atoms with Crippen molar-refractivity contribution in [3.63, 3.8) is 0 Å². The van der Waals surface area contributed by atoms with Crippen LogP contribution in [0.5, 0.6) is 0 Å². The molecule has 0 spiro atoms. The molecule has 1 heterocycles. The molecule has 0 aliphatic rings. The molecule has 1 atom stereocenters. The lowest BCUT2D eigenvalue weighted by Gasteiger charge is -2.18. The van der Waals surface area contributed by atoms with E-state index in [1.54, 1.807) is 24.5 Å². The van der Waals surface area contributed by atoms with Gasteiger partial charge in [0.25, 0.3) is 0 Å². The molecule has 0 aliphatic carbocycles. The fourth-order valence-corrected chi connectivity index (χ4v) is 2.34. The summed E-state index contributed by atoms with van der Waals surface area (Å²) in [4.78, 5) is 4.09. The van der Waals surface area contributed by atoms with Crippen molar-refractivity contribution >= 4 is 27.5 Å². The summed E-state index contributed by atoms with van der Waals surface area (Å²) in [6.45, 7) is 1.91. The van der Waals surface area contributed by atoms with Crippen LogP contribution in [-0.4, -0.2) is 4.98 Å². The second kappa shape index (κ2) is 5.96. The van der Waals surface area contributed by atoms with Gasteiger partial charge in [0.2, 0.25) is 0 Å². The van der Waals surface area contributed by atoms with E-state index in [0.29, 0.717) is 10.0 Å². The van der Waals surface area contributed by atoms with Gasteiger partial charge in [-0.2, -0.15) is 0 Å². The minimum atomic E-state index is -0.502. The van der Waals surface area contributed by atoms with E-state index in [4.69, 9.17) is 17.4 Å². The number of halogens is 3. The molecule has 3 N–H and O–H groups in total. The molecule has 100 valence electrons. The summed E-state index contributed by atoms with van der Waals surface area (Å²) in [5.74, 6) is 5.05. The summed E-state index contributed by atoms with van der Waals surface area (Å²) in [6, 6.07) is 4.72. The highest BCUT2D eigenvalue weighted by molar-refractivity contribution is 9.10. The van der Waals surface area contributed by atoms with Crippen LogP contribution in [0, 0.1) is 12.7 Å². The van der Waals surface area contributed by atoms with Crippen LogP contribution in [0.4, 0.5) is 4.39 Å². The van der Waals surface area contributed by atoms with Gasteiger partial charge >= 0.3 is 0 Å². The number of hydrogen-bond donors (Lipinski definition) is 2. The number of hydrogen-bond acceptors (Lipinski definition) is 3. The van der Waals surface area contributed by atoms with E-state index in [2.05, 4.69) is 26.3 Å². The Labute approximate surface area is 124 Å². The van der Waals surface area contributed by atoms with Crippen molar-refractivity contribution in [2.45, 2.75) is 13.0 Å². The van der Waals surface area contributed by atoms with Crippen molar-refractivity contribution in [3.8, 4) is 0 Å². The molecule has 2 rings (SSSR count). The summed E-state index contributed by atoms with van der Waals surface area (Å²) in [5.41, 5.74) is 4.72. The molecule has 0 radical (unpaired) electrons. The Morgan fingerprint density at radius 3 is 2.79 bits per heavy atom. The Morgan fingerprint density at radius 2 is 2.16 bits per heavy atom. The van der Waals surface area contributed by atoms with E-state index in [0.717, 1.165) is 11.1 Å². The van der Waals surface area contributed by atoms with Gasteiger partial charge in [-0.05, 0) is 40.0 Å². The lowest BCUT2D eigenvalue weighted by molar-refractivity contribution is 0.559. The first kappa shape index (κ1) is 14.4. The maximum absolute atomic E-state index is 14.2. The number of aryl methyl sites for hydroxylation is 1. The Balaban J connectivity index is 2.51. The number of nitrogens with zero attached hydrogens (tertiary/aromatic N) is 1. The molecule has 0 fully saturated rings. The summed E-state index contributed by atoms with van der Waals surface area (Å²) in [6.07, 6.45) is 3.37. The summed E-state index contributed by atoms with van der Waals surface area (Å²) >= 11 is 9.08. The monoisotopic (exact) mass is 343 g/mol. The zero-order chi connectivity index (χ0) is 14.0. The van der Waals surface area contributed by atoms with Gasteiger partial charge < -0.3 is 0 Å². The second-order valence-electron chi connectivity index (χ2n) is 4.16. The van der Waals surface area contributed by atoms with Gasteiger partial charge in [-0.15, -0.1) is 0 Å². The third kappa shape index (κ3) is 2.95. The van der Waals surface area contributed by atoms with Crippen LogP contribution in [0.2, 0.25) is 5.02 Å². The van der Waals surface area contributed by atoms with Crippen LogP contribution >= 0.6 is 27.5 Å². The Morgan fingerprint density at radius 1 is 1.42 bits per heavy atom. The van der Waals surface area contributed by atoms with Crippen molar-refractivity contribution in [2.75, 3.05) is 0 Å². The minimum Gasteiger partial charge on any atom is -0.271 e. The first-order chi connectivity index (χ1) is 9.04. The molecule has 0 saturated heterocycles. The van der Waals surface area contributed by atoms with E-state index >= 15 is 0 Å². The van der Waals surface area contributed by atoms with Gasteiger partial charge in [0.1, 0.15) is 5.82 Å². The SMILES string of the molecule is Cc1cncc(C(NN)c2ccc(Br)c(Cl)c2F)c1. The Kier molecular flexibility index (Phi) is 4.52. The van der Waals surface area contributed by atoms with E-state index in [9.17, 15) is 4.39 Å². The summed E-state index contributed by atoms with van der Waals surface area (Å²) in [5, 5.41) is 0.0402. The molecule has 1 aromatic heterocycles. The molecule has 2 aromatic rings. The minimum absolute atomic E-state index is 0.0402. The van der Waals surface area contributed by atoms with E-state index in [1.165, 1.54) is 0 Å². The van der Waals surface area contributed by atoms with Gasteiger partial charge in [0.05, 0.1) is 11.1 Å². The standard InChI is InChI=1S/C13H12BrClFN3/c1-7-4-8(6-18-5-7)13(19-17)9-2-3-10(14)11(15)12(9)16/h2-6,13,19H,17H2,1H3. The predicted octanol–water partition coefficient (Wildman–Crippen LogP) is 3.50. The predicted molar refractivity (Wildman–Crippen MR) is 77.3 cm³/mol. The van der Waals surface area contributed by atoms with Crippen LogP contribution in [0.25, 0.3) is 0 Å². The highest BCUT2D eigenvalue weighted by atomic mass is 79.9. The first-order valence-corrected chi connectivity index (χ1v) is 6.72. The molecule has 1 unspecified atom stereocenters. The molecule has 6 heteroatoms. The van der Waals surface area contributed by atoms with Gasteiger partial charge in [-0.25, -0.2) is 9.82 Å². The van der Waals surface area contributed by atoms with Crippen LogP contribution in [0.1, 0.15) is 22.7 Å². The van der Waals surface area contributed by atoms with Crippen molar-refractivity contribution in [3.05, 3.63) is 62.6 Å². The molecule has 3 nitrogen and oxygen atoms in total. The number of hydrazine groups is 1. The van der Waals surface area contributed by atoms with Crippen LogP contribution in [0.15, 0.2) is 35.1 Å². The lowest BCUT2D eigenvalue weighted by Crippen LogP contribution is -2.29. The van der Waals surface area contributed by atoms with Crippen LogP contribution in [-0.2, 0) is 0 Å². The van der Waals surface area contributed by atoms with E-state index in [1.807, 2.05) is 13.0 Å². The molecule has 1 aromatic carbocycles. The number of benzene rings is 1. The molecular weight excluding hydrogens is 333 g/mol. The molecule has 0 bridgehead atoms. The first-order valence-electron chi connectivity index (χ1n) is 5.55. The molecule has 0 amide bonds. The van der Waals surface area contributed by atoms with Gasteiger partial charge in [0, 0.05) is 22.4 Å². The summed E-state index contributed by atoms with van der Waals surface area (Å²) in [7, 11) is 0. The zero-order valence-electron chi connectivity index (χ0n) is 10.1. The van der Waals surface area contributed by atoms with Crippen LogP contribution < -0.4 is 11.3 Å². The van der Waals surface area contributed by atoms with Gasteiger partial charge in [-0.1, -0.05) is 23.7 Å². The number of aromatic nitrogens is 1. The molecule has 0 aliphatic heterocycles. The topological polar surface area (TPSA) is 50.9 Å². The van der Waals surface area contributed by atoms with Crippen molar-refractivity contribution < 1.29 is 4.39 Å². The largest absolute Gasteiger partial charge is 0.271 e. The third-order valence-electron chi connectivity index (χ3n) is 2.77. The second-order valence-corrected chi connectivity index (χ2v) is 5.39. The van der Waals surface area contributed by atoms with Crippen molar-refractivity contribution in [2.24, 2.45) is 5.84 Å². The molecule has 0 saturated carbocycles. The number of nitrogens with one attached hydrogen (secondary N) is 1. The molecular formula is C13H12BrClFN3. The fraction of sp³-hybridized carbons (Fsp3) is 0.154.